The Bertz CT molecular complexity index is 385. The Balaban J connectivity index is 1.88. The first kappa shape index (κ1) is 11.6. The Morgan fingerprint density at radius 3 is 1.94 bits per heavy atom. The van der Waals surface area contributed by atoms with Gasteiger partial charge < -0.3 is 4.74 Å². The van der Waals surface area contributed by atoms with Gasteiger partial charge in [-0.25, -0.2) is 0 Å². The fraction of sp³-hybridized carbons (Fsp3) is 0.600. The first-order chi connectivity index (χ1) is 8.16. The summed E-state index contributed by atoms with van der Waals surface area (Å²) in [5.41, 5.74) is 1.98. The minimum Gasteiger partial charge on any atom is -0.497 e. The zero-order chi connectivity index (χ0) is 11.9. The van der Waals surface area contributed by atoms with Gasteiger partial charge in [0.05, 0.1) is 7.11 Å². The lowest BCUT2D eigenvalue weighted by Gasteiger charge is -2.51. The van der Waals surface area contributed by atoms with Crippen molar-refractivity contribution in [3.63, 3.8) is 0 Å². The molecule has 3 aliphatic carbocycles. The third-order valence-electron chi connectivity index (χ3n) is 4.86. The van der Waals surface area contributed by atoms with Gasteiger partial charge in [-0.1, -0.05) is 28.1 Å². The average Bonchev–Trinajstić information content (AvgIpc) is 2.40. The van der Waals surface area contributed by atoms with Crippen molar-refractivity contribution in [2.45, 2.75) is 48.3 Å². The number of rotatable bonds is 2. The average molecular weight is 295 g/mol. The van der Waals surface area contributed by atoms with Gasteiger partial charge in [0.25, 0.3) is 0 Å². The zero-order valence-corrected chi connectivity index (χ0v) is 11.9. The predicted octanol–water partition coefficient (Wildman–Crippen LogP) is 4.43. The van der Waals surface area contributed by atoms with Crippen molar-refractivity contribution in [3.05, 3.63) is 29.8 Å². The summed E-state index contributed by atoms with van der Waals surface area (Å²) in [6, 6.07) is 8.75. The van der Waals surface area contributed by atoms with Crippen molar-refractivity contribution >= 4 is 15.9 Å². The molecule has 0 spiro atoms. The van der Waals surface area contributed by atoms with E-state index in [1.54, 1.807) is 7.11 Å². The summed E-state index contributed by atoms with van der Waals surface area (Å²) >= 11 is 3.93. The molecule has 1 nitrogen and oxygen atoms in total. The van der Waals surface area contributed by atoms with Crippen LogP contribution in [0, 0.1) is 0 Å². The van der Waals surface area contributed by atoms with Gasteiger partial charge >= 0.3 is 0 Å². The van der Waals surface area contributed by atoms with Crippen molar-refractivity contribution in [3.8, 4) is 5.75 Å². The molecule has 1 aromatic carbocycles. The van der Waals surface area contributed by atoms with Gasteiger partial charge in [-0.3, -0.25) is 0 Å². The SMILES string of the molecule is COc1ccc(C23CCC(Br)(CC2)CC3)cc1. The number of benzene rings is 1. The molecule has 1 aromatic rings. The van der Waals surface area contributed by atoms with E-state index in [-0.39, 0.29) is 0 Å². The monoisotopic (exact) mass is 294 g/mol. The number of ether oxygens (including phenoxy) is 1. The highest BCUT2D eigenvalue weighted by Gasteiger charge is 2.47. The molecule has 0 radical (unpaired) electrons. The largest absolute Gasteiger partial charge is 0.497 e. The van der Waals surface area contributed by atoms with E-state index in [9.17, 15) is 0 Å². The lowest BCUT2D eigenvalue weighted by Crippen LogP contribution is -2.44. The van der Waals surface area contributed by atoms with E-state index in [4.69, 9.17) is 4.74 Å². The number of halogens is 1. The molecule has 0 atom stereocenters. The van der Waals surface area contributed by atoms with Crippen LogP contribution in [0.2, 0.25) is 0 Å². The highest BCUT2D eigenvalue weighted by atomic mass is 79.9. The lowest BCUT2D eigenvalue weighted by molar-refractivity contribution is 0.162. The molecule has 17 heavy (non-hydrogen) atoms. The molecule has 2 heteroatoms. The van der Waals surface area contributed by atoms with Crippen LogP contribution in [0.3, 0.4) is 0 Å². The molecule has 0 aromatic heterocycles. The second-order valence-corrected chi connectivity index (χ2v) is 7.34. The van der Waals surface area contributed by atoms with Crippen LogP contribution in [0.1, 0.15) is 44.1 Å². The fourth-order valence-corrected chi connectivity index (χ4v) is 4.11. The van der Waals surface area contributed by atoms with Gasteiger partial charge in [0.2, 0.25) is 0 Å². The van der Waals surface area contributed by atoms with Crippen molar-refractivity contribution in [2.24, 2.45) is 0 Å². The van der Waals surface area contributed by atoms with Crippen LogP contribution in [-0.2, 0) is 5.41 Å². The molecule has 3 fully saturated rings. The quantitative estimate of drug-likeness (QED) is 0.733. The molecule has 0 N–H and O–H groups in total. The summed E-state index contributed by atoms with van der Waals surface area (Å²) in [7, 11) is 1.73. The smallest absolute Gasteiger partial charge is 0.118 e. The van der Waals surface area contributed by atoms with Gasteiger partial charge in [-0.15, -0.1) is 0 Å². The summed E-state index contributed by atoms with van der Waals surface area (Å²) in [5, 5.41) is 0. The summed E-state index contributed by atoms with van der Waals surface area (Å²) in [6.07, 6.45) is 8.01. The van der Waals surface area contributed by atoms with Gasteiger partial charge in [-0.2, -0.15) is 0 Å². The summed E-state index contributed by atoms with van der Waals surface area (Å²) in [4.78, 5) is 0. The Morgan fingerprint density at radius 1 is 0.941 bits per heavy atom. The summed E-state index contributed by atoms with van der Waals surface area (Å²) in [6.45, 7) is 0. The minimum absolute atomic E-state index is 0.460. The second-order valence-electron chi connectivity index (χ2n) is 5.66. The predicted molar refractivity (Wildman–Crippen MR) is 74.0 cm³/mol. The third-order valence-corrected chi connectivity index (χ3v) is 6.05. The fourth-order valence-electron chi connectivity index (χ4n) is 3.52. The molecule has 2 bridgehead atoms. The number of hydrogen-bond acceptors (Lipinski definition) is 1. The van der Waals surface area contributed by atoms with Crippen LogP contribution >= 0.6 is 15.9 Å². The lowest BCUT2D eigenvalue weighted by atomic mass is 9.58. The molecule has 4 rings (SSSR count). The van der Waals surface area contributed by atoms with E-state index in [1.165, 1.54) is 44.1 Å². The van der Waals surface area contributed by atoms with Crippen LogP contribution in [0.25, 0.3) is 0 Å². The highest BCUT2D eigenvalue weighted by Crippen LogP contribution is 2.56. The van der Waals surface area contributed by atoms with Crippen LogP contribution in [-0.4, -0.2) is 11.4 Å². The van der Waals surface area contributed by atoms with E-state index in [2.05, 4.69) is 40.2 Å². The molecule has 0 amide bonds. The first-order valence-electron chi connectivity index (χ1n) is 6.49. The van der Waals surface area contributed by atoms with Crippen LogP contribution in [0.4, 0.5) is 0 Å². The Morgan fingerprint density at radius 2 is 1.47 bits per heavy atom. The van der Waals surface area contributed by atoms with E-state index >= 15 is 0 Å². The molecule has 0 saturated heterocycles. The van der Waals surface area contributed by atoms with Crippen LogP contribution in [0.5, 0.6) is 5.75 Å². The van der Waals surface area contributed by atoms with Crippen molar-refractivity contribution in [2.75, 3.05) is 7.11 Å². The van der Waals surface area contributed by atoms with Crippen LogP contribution < -0.4 is 4.74 Å². The van der Waals surface area contributed by atoms with Gasteiger partial charge in [0, 0.05) is 4.32 Å². The Hall–Kier alpha value is -0.500. The van der Waals surface area contributed by atoms with Gasteiger partial charge in [0.15, 0.2) is 0 Å². The first-order valence-corrected chi connectivity index (χ1v) is 7.29. The molecular formula is C15H19BrO. The third kappa shape index (κ3) is 1.91. The van der Waals surface area contributed by atoms with E-state index in [0.717, 1.165) is 5.75 Å². The van der Waals surface area contributed by atoms with E-state index in [0.29, 0.717) is 9.74 Å². The molecule has 0 heterocycles. The Kier molecular flexibility index (Phi) is 2.73. The highest BCUT2D eigenvalue weighted by molar-refractivity contribution is 9.10. The van der Waals surface area contributed by atoms with E-state index in [1.807, 2.05) is 0 Å². The maximum atomic E-state index is 5.24. The number of hydrogen-bond donors (Lipinski definition) is 0. The van der Waals surface area contributed by atoms with Gasteiger partial charge in [-0.05, 0) is 61.6 Å². The molecule has 0 unspecified atom stereocenters. The molecule has 92 valence electrons. The maximum Gasteiger partial charge on any atom is 0.118 e. The number of fused-ring (bicyclic) bond motifs is 3. The number of alkyl halides is 1. The standard InChI is InChI=1S/C15H19BrO/c1-17-13-4-2-12(3-5-13)14-6-9-15(16,10-7-14)11-8-14/h2-5H,6-11H2,1H3. The molecule has 3 saturated carbocycles. The van der Waals surface area contributed by atoms with E-state index < -0.39 is 0 Å². The number of methoxy groups -OCH3 is 1. The normalized spacial score (nSPS) is 35.9. The second kappa shape index (κ2) is 4.01. The zero-order valence-electron chi connectivity index (χ0n) is 10.3. The molecule has 0 aliphatic heterocycles. The summed E-state index contributed by atoms with van der Waals surface area (Å²) < 4.78 is 5.71. The molecular weight excluding hydrogens is 276 g/mol. The maximum absolute atomic E-state index is 5.24. The van der Waals surface area contributed by atoms with Crippen molar-refractivity contribution < 1.29 is 4.74 Å². The van der Waals surface area contributed by atoms with Crippen LogP contribution in [0.15, 0.2) is 24.3 Å². The Labute approximate surface area is 112 Å². The molecule has 3 aliphatic rings. The van der Waals surface area contributed by atoms with Gasteiger partial charge in [0.1, 0.15) is 5.75 Å². The summed E-state index contributed by atoms with van der Waals surface area (Å²) in [5.74, 6) is 0.964. The van der Waals surface area contributed by atoms with Crippen molar-refractivity contribution in [1.29, 1.82) is 0 Å². The topological polar surface area (TPSA) is 9.23 Å². The van der Waals surface area contributed by atoms with Crippen molar-refractivity contribution in [1.82, 2.24) is 0 Å². The minimum atomic E-state index is 0.460.